The molecule has 1 atom stereocenters. The maximum Gasteiger partial charge on any atom is 0.262 e. The third-order valence-electron chi connectivity index (χ3n) is 8.73. The van der Waals surface area contributed by atoms with Crippen molar-refractivity contribution in [3.8, 4) is 0 Å². The molecule has 4 aliphatic heterocycles. The summed E-state index contributed by atoms with van der Waals surface area (Å²) in [4.78, 5) is 81.6. The molecule has 3 saturated heterocycles. The van der Waals surface area contributed by atoms with E-state index in [1.807, 2.05) is 4.90 Å². The number of carbonyl (C=O) groups is 6. The number of piperazine rings is 1. The maximum atomic E-state index is 13.1. The Balaban J connectivity index is 0.972. The van der Waals surface area contributed by atoms with Crippen molar-refractivity contribution in [3.05, 3.63) is 29.3 Å². The summed E-state index contributed by atoms with van der Waals surface area (Å²) >= 11 is 0. The summed E-state index contributed by atoms with van der Waals surface area (Å²) < 4.78 is 5.62. The molecule has 0 radical (unpaired) electrons. The van der Waals surface area contributed by atoms with Gasteiger partial charge in [-0.15, -0.1) is 0 Å². The van der Waals surface area contributed by atoms with Crippen LogP contribution in [0, 0.1) is 0 Å². The van der Waals surface area contributed by atoms with E-state index < -0.39 is 29.7 Å². The number of piperidine rings is 2. The van der Waals surface area contributed by atoms with Crippen molar-refractivity contribution < 1.29 is 33.5 Å². The van der Waals surface area contributed by atoms with Crippen LogP contribution in [0.15, 0.2) is 18.2 Å². The highest BCUT2D eigenvalue weighted by Crippen LogP contribution is 2.31. The summed E-state index contributed by atoms with van der Waals surface area (Å²) in [5.41, 5.74) is 1.31. The van der Waals surface area contributed by atoms with E-state index in [1.165, 1.54) is 6.42 Å². The fourth-order valence-electron chi connectivity index (χ4n) is 6.23. The Hall–Kier alpha value is -3.84. The first kappa shape index (κ1) is 31.6. The third-order valence-corrected chi connectivity index (χ3v) is 8.73. The molecule has 0 saturated carbocycles. The molecule has 0 spiro atoms. The van der Waals surface area contributed by atoms with E-state index in [4.69, 9.17) is 4.74 Å². The molecular weight excluding hydrogens is 568 g/mol. The lowest BCUT2D eigenvalue weighted by molar-refractivity contribution is -0.136. The molecule has 6 amide bonds. The molecule has 0 aromatic heterocycles. The van der Waals surface area contributed by atoms with E-state index in [0.29, 0.717) is 52.4 Å². The molecule has 0 bridgehead atoms. The van der Waals surface area contributed by atoms with E-state index in [2.05, 4.69) is 20.4 Å². The standard InChI is InChI=1S/C31H42N6O7/c38-26-10-9-25(29(41)33-26)37-30(42)23-8-7-22(20-24(23)31(37)43)35-16-14-34(15-17-35)21-27(39)32-11-19-44-18-5-2-6-28(40)36-12-3-1-4-13-36/h7-8,20,25H,1-6,9-19,21H2,(H,32,39)(H,33,38,41). The first-order chi connectivity index (χ1) is 21.3. The van der Waals surface area contributed by atoms with Gasteiger partial charge in [-0.3, -0.25) is 43.9 Å². The molecule has 44 heavy (non-hydrogen) atoms. The highest BCUT2D eigenvalue weighted by atomic mass is 16.5. The van der Waals surface area contributed by atoms with Gasteiger partial charge in [0, 0.05) is 70.9 Å². The van der Waals surface area contributed by atoms with E-state index in [0.717, 1.165) is 49.4 Å². The van der Waals surface area contributed by atoms with E-state index in [1.54, 1.807) is 18.2 Å². The van der Waals surface area contributed by atoms with Gasteiger partial charge in [-0.05, 0) is 56.7 Å². The van der Waals surface area contributed by atoms with E-state index in [-0.39, 0.29) is 42.3 Å². The number of ether oxygens (including phenoxy) is 1. The number of fused-ring (bicyclic) bond motifs is 1. The molecular formula is C31H42N6O7. The average molecular weight is 611 g/mol. The lowest BCUT2D eigenvalue weighted by Crippen LogP contribution is -2.54. The molecule has 13 nitrogen and oxygen atoms in total. The Kier molecular flexibility index (Phi) is 10.6. The zero-order chi connectivity index (χ0) is 31.1. The summed E-state index contributed by atoms with van der Waals surface area (Å²) in [5.74, 6) is -1.90. The molecule has 2 N–H and O–H groups in total. The van der Waals surface area contributed by atoms with Gasteiger partial charge >= 0.3 is 0 Å². The summed E-state index contributed by atoms with van der Waals surface area (Å²) in [7, 11) is 0. The number of benzene rings is 1. The normalized spacial score (nSPS) is 21.0. The van der Waals surface area contributed by atoms with Crippen LogP contribution in [-0.4, -0.2) is 122 Å². The van der Waals surface area contributed by atoms with Gasteiger partial charge in [0.15, 0.2) is 0 Å². The fraction of sp³-hybridized carbons (Fsp3) is 0.613. The molecule has 0 aliphatic carbocycles. The van der Waals surface area contributed by atoms with Gasteiger partial charge in [0.2, 0.25) is 23.6 Å². The van der Waals surface area contributed by atoms with Crippen LogP contribution in [0.25, 0.3) is 0 Å². The number of hydrogen-bond donors (Lipinski definition) is 2. The minimum Gasteiger partial charge on any atom is -0.380 e. The van der Waals surface area contributed by atoms with Crippen molar-refractivity contribution in [2.24, 2.45) is 0 Å². The number of rotatable bonds is 12. The molecule has 4 aliphatic rings. The van der Waals surface area contributed by atoms with Crippen molar-refractivity contribution in [2.75, 3.05) is 70.5 Å². The fourth-order valence-corrected chi connectivity index (χ4v) is 6.23. The number of anilines is 1. The van der Waals surface area contributed by atoms with Crippen LogP contribution in [0.5, 0.6) is 0 Å². The Bertz CT molecular complexity index is 1270. The van der Waals surface area contributed by atoms with Gasteiger partial charge in [-0.2, -0.15) is 0 Å². The molecule has 5 rings (SSSR count). The van der Waals surface area contributed by atoms with Crippen molar-refractivity contribution in [1.29, 1.82) is 0 Å². The van der Waals surface area contributed by atoms with Gasteiger partial charge in [0.25, 0.3) is 11.8 Å². The largest absolute Gasteiger partial charge is 0.380 e. The quantitative estimate of drug-likeness (QED) is 0.255. The molecule has 1 aromatic carbocycles. The maximum absolute atomic E-state index is 13.1. The lowest BCUT2D eigenvalue weighted by Gasteiger charge is -2.35. The number of hydrogen-bond acceptors (Lipinski definition) is 9. The second-order valence-electron chi connectivity index (χ2n) is 11.8. The van der Waals surface area contributed by atoms with Gasteiger partial charge in [0.1, 0.15) is 6.04 Å². The van der Waals surface area contributed by atoms with Crippen LogP contribution >= 0.6 is 0 Å². The minimum atomic E-state index is -0.990. The number of nitrogens with one attached hydrogen (secondary N) is 2. The van der Waals surface area contributed by atoms with Crippen LogP contribution in [0.2, 0.25) is 0 Å². The second kappa shape index (κ2) is 14.8. The van der Waals surface area contributed by atoms with Gasteiger partial charge in [-0.25, -0.2) is 0 Å². The average Bonchev–Trinajstić information content (AvgIpc) is 3.27. The van der Waals surface area contributed by atoms with Crippen LogP contribution in [0.1, 0.15) is 72.1 Å². The topological polar surface area (TPSA) is 149 Å². The summed E-state index contributed by atoms with van der Waals surface area (Å²) in [5, 5.41) is 5.11. The van der Waals surface area contributed by atoms with Crippen molar-refractivity contribution >= 4 is 41.1 Å². The second-order valence-corrected chi connectivity index (χ2v) is 11.8. The molecule has 13 heteroatoms. The highest BCUT2D eigenvalue weighted by Gasteiger charge is 2.44. The zero-order valence-electron chi connectivity index (χ0n) is 25.2. The van der Waals surface area contributed by atoms with Crippen LogP contribution in [-0.2, 0) is 23.9 Å². The predicted molar refractivity (Wildman–Crippen MR) is 160 cm³/mol. The smallest absolute Gasteiger partial charge is 0.262 e. The number of likely N-dealkylation sites (tertiary alicyclic amines) is 1. The Labute approximate surface area is 257 Å². The van der Waals surface area contributed by atoms with E-state index >= 15 is 0 Å². The summed E-state index contributed by atoms with van der Waals surface area (Å²) in [6.45, 7) is 6.11. The van der Waals surface area contributed by atoms with Crippen molar-refractivity contribution in [2.45, 2.75) is 57.4 Å². The number of unbranched alkanes of at least 4 members (excludes halogenated alkanes) is 1. The number of amides is 6. The number of nitrogens with zero attached hydrogens (tertiary/aromatic N) is 4. The Morgan fingerprint density at radius 3 is 2.39 bits per heavy atom. The minimum absolute atomic E-state index is 0.0654. The predicted octanol–water partition coefficient (Wildman–Crippen LogP) is 0.525. The SMILES string of the molecule is O=C(CN1CCN(c2ccc3c(c2)C(=O)N(C2CCC(=O)NC2=O)C3=O)CC1)NCCOCCCCC(=O)N1CCCCC1. The molecule has 4 heterocycles. The molecule has 1 unspecified atom stereocenters. The first-order valence-electron chi connectivity index (χ1n) is 15.8. The summed E-state index contributed by atoms with van der Waals surface area (Å²) in [6, 6.07) is 4.12. The van der Waals surface area contributed by atoms with Crippen molar-refractivity contribution in [1.82, 2.24) is 25.3 Å². The van der Waals surface area contributed by atoms with Crippen LogP contribution < -0.4 is 15.5 Å². The lowest BCUT2D eigenvalue weighted by atomic mass is 10.0. The first-order valence-corrected chi connectivity index (χ1v) is 15.8. The zero-order valence-corrected chi connectivity index (χ0v) is 25.2. The van der Waals surface area contributed by atoms with Gasteiger partial charge in [-0.1, -0.05) is 0 Å². The van der Waals surface area contributed by atoms with Crippen LogP contribution in [0.4, 0.5) is 5.69 Å². The highest BCUT2D eigenvalue weighted by molar-refractivity contribution is 6.23. The van der Waals surface area contributed by atoms with Gasteiger partial charge < -0.3 is 19.9 Å². The Morgan fingerprint density at radius 2 is 1.64 bits per heavy atom. The third kappa shape index (κ3) is 7.62. The number of carbonyl (C=O) groups excluding carboxylic acids is 6. The molecule has 238 valence electrons. The van der Waals surface area contributed by atoms with E-state index in [9.17, 15) is 28.8 Å². The Morgan fingerprint density at radius 1 is 0.886 bits per heavy atom. The van der Waals surface area contributed by atoms with Crippen LogP contribution in [0.3, 0.4) is 0 Å². The van der Waals surface area contributed by atoms with Gasteiger partial charge in [0.05, 0.1) is 24.3 Å². The van der Waals surface area contributed by atoms with Crippen molar-refractivity contribution in [3.63, 3.8) is 0 Å². The molecule has 3 fully saturated rings. The monoisotopic (exact) mass is 610 g/mol. The summed E-state index contributed by atoms with van der Waals surface area (Å²) in [6.07, 6.45) is 5.83. The molecule has 1 aromatic rings. The number of imide groups is 2.